The summed E-state index contributed by atoms with van der Waals surface area (Å²) in [5.74, 6) is 1.25. The summed E-state index contributed by atoms with van der Waals surface area (Å²) >= 11 is 0. The number of aliphatic hydroxyl groups excluding tert-OH is 1. The zero-order valence-electron chi connectivity index (χ0n) is 11.9. The number of aliphatic hydroxyl groups is 1. The maximum absolute atomic E-state index is 10.8. The van der Waals surface area contributed by atoms with E-state index in [1.807, 2.05) is 6.92 Å². The first-order valence-electron chi connectivity index (χ1n) is 7.57. The largest absolute Gasteiger partial charge is 0.390 e. The molecule has 3 heteroatoms. The van der Waals surface area contributed by atoms with Crippen LogP contribution in [0.5, 0.6) is 0 Å². The number of ether oxygens (including phenoxy) is 2. The van der Waals surface area contributed by atoms with E-state index in [1.165, 1.54) is 12.8 Å². The Kier molecular flexibility index (Phi) is 5.05. The van der Waals surface area contributed by atoms with Crippen LogP contribution in [0.4, 0.5) is 0 Å². The van der Waals surface area contributed by atoms with Crippen molar-refractivity contribution in [2.24, 2.45) is 11.8 Å². The molecule has 0 aromatic rings. The Hall–Kier alpha value is -0.120. The fraction of sp³-hybridized carbons (Fsp3) is 1.00. The lowest BCUT2D eigenvalue weighted by atomic mass is 9.73. The molecule has 1 heterocycles. The van der Waals surface area contributed by atoms with E-state index in [4.69, 9.17) is 9.47 Å². The molecule has 3 nitrogen and oxygen atoms in total. The Morgan fingerprint density at radius 2 is 1.83 bits per heavy atom. The number of hydrogen-bond donors (Lipinski definition) is 1. The molecule has 2 aliphatic rings. The Morgan fingerprint density at radius 3 is 2.39 bits per heavy atom. The van der Waals surface area contributed by atoms with E-state index in [0.717, 1.165) is 44.8 Å². The van der Waals surface area contributed by atoms with E-state index < -0.39 is 0 Å². The van der Waals surface area contributed by atoms with Crippen LogP contribution in [0.15, 0.2) is 0 Å². The first-order chi connectivity index (χ1) is 8.68. The van der Waals surface area contributed by atoms with Crippen LogP contribution in [0, 0.1) is 11.8 Å². The molecule has 1 N–H and O–H groups in total. The fourth-order valence-electron chi connectivity index (χ4n) is 3.56. The second kappa shape index (κ2) is 6.36. The summed E-state index contributed by atoms with van der Waals surface area (Å²) in [6.07, 6.45) is 6.17. The van der Waals surface area contributed by atoms with Crippen LogP contribution in [0.3, 0.4) is 0 Å². The van der Waals surface area contributed by atoms with Gasteiger partial charge >= 0.3 is 0 Å². The third kappa shape index (κ3) is 3.06. The second-order valence-corrected chi connectivity index (χ2v) is 6.07. The lowest BCUT2D eigenvalue weighted by Gasteiger charge is -2.45. The van der Waals surface area contributed by atoms with Gasteiger partial charge in [0, 0.05) is 32.7 Å². The van der Waals surface area contributed by atoms with Crippen molar-refractivity contribution in [3.8, 4) is 0 Å². The molecule has 1 aliphatic carbocycles. The molecule has 0 bridgehead atoms. The maximum atomic E-state index is 10.8. The van der Waals surface area contributed by atoms with Crippen molar-refractivity contribution < 1.29 is 14.6 Å². The van der Waals surface area contributed by atoms with Gasteiger partial charge < -0.3 is 14.6 Å². The van der Waals surface area contributed by atoms with Gasteiger partial charge in [-0.05, 0) is 31.6 Å². The lowest BCUT2D eigenvalue weighted by Crippen LogP contribution is -2.52. The lowest BCUT2D eigenvalue weighted by molar-refractivity contribution is -0.183. The molecule has 2 fully saturated rings. The third-order valence-corrected chi connectivity index (χ3v) is 4.82. The third-order valence-electron chi connectivity index (χ3n) is 4.82. The molecule has 1 atom stereocenters. The van der Waals surface area contributed by atoms with Gasteiger partial charge in [-0.2, -0.15) is 0 Å². The van der Waals surface area contributed by atoms with Crippen LogP contribution >= 0.6 is 0 Å². The maximum Gasteiger partial charge on any atom is 0.0986 e. The summed E-state index contributed by atoms with van der Waals surface area (Å²) in [6.45, 7) is 6.46. The van der Waals surface area contributed by atoms with Crippen LogP contribution in [0.2, 0.25) is 0 Å². The standard InChI is InChI=1S/C15H28O3/c1-3-18-15(8-10-17-11-9-15)14(16)13-6-4-12(2)5-7-13/h12-14,16H,3-11H2,1-2H3. The summed E-state index contributed by atoms with van der Waals surface area (Å²) in [6, 6.07) is 0. The van der Waals surface area contributed by atoms with E-state index in [1.54, 1.807) is 0 Å². The highest BCUT2D eigenvalue weighted by Gasteiger charge is 2.44. The Bertz CT molecular complexity index is 235. The summed E-state index contributed by atoms with van der Waals surface area (Å²) in [7, 11) is 0. The Morgan fingerprint density at radius 1 is 1.22 bits per heavy atom. The molecule has 2 rings (SSSR count). The minimum atomic E-state index is -0.335. The Labute approximate surface area is 111 Å². The van der Waals surface area contributed by atoms with Crippen molar-refractivity contribution in [1.82, 2.24) is 0 Å². The quantitative estimate of drug-likeness (QED) is 0.840. The van der Waals surface area contributed by atoms with Gasteiger partial charge in [0.05, 0.1) is 11.7 Å². The first-order valence-corrected chi connectivity index (χ1v) is 7.57. The van der Waals surface area contributed by atoms with Crippen molar-refractivity contribution in [2.45, 2.75) is 64.1 Å². The SMILES string of the molecule is CCOC1(C(O)C2CCC(C)CC2)CCOCC1. The van der Waals surface area contributed by atoms with Crippen LogP contribution in [-0.4, -0.2) is 36.6 Å². The summed E-state index contributed by atoms with van der Waals surface area (Å²) in [5.41, 5.74) is -0.335. The minimum Gasteiger partial charge on any atom is -0.390 e. The molecule has 18 heavy (non-hydrogen) atoms. The zero-order chi connectivity index (χ0) is 13.0. The molecule has 0 aromatic heterocycles. The molecule has 0 spiro atoms. The Balaban J connectivity index is 2.00. The summed E-state index contributed by atoms with van der Waals surface area (Å²) < 4.78 is 11.4. The molecular weight excluding hydrogens is 228 g/mol. The van der Waals surface area contributed by atoms with Gasteiger partial charge in [0.2, 0.25) is 0 Å². The predicted molar refractivity (Wildman–Crippen MR) is 71.5 cm³/mol. The van der Waals surface area contributed by atoms with Gasteiger partial charge in [0.15, 0.2) is 0 Å². The van der Waals surface area contributed by atoms with E-state index in [9.17, 15) is 5.11 Å². The van der Waals surface area contributed by atoms with Gasteiger partial charge in [-0.25, -0.2) is 0 Å². The number of rotatable bonds is 4. The smallest absolute Gasteiger partial charge is 0.0986 e. The van der Waals surface area contributed by atoms with Gasteiger partial charge in [-0.3, -0.25) is 0 Å². The molecule has 0 aromatic carbocycles. The molecule has 0 amide bonds. The van der Waals surface area contributed by atoms with Crippen LogP contribution in [0.25, 0.3) is 0 Å². The van der Waals surface area contributed by atoms with Crippen molar-refractivity contribution >= 4 is 0 Å². The predicted octanol–water partition coefficient (Wildman–Crippen LogP) is 2.76. The van der Waals surface area contributed by atoms with E-state index in [0.29, 0.717) is 12.5 Å². The molecule has 1 saturated heterocycles. The highest BCUT2D eigenvalue weighted by Crippen LogP contribution is 2.39. The van der Waals surface area contributed by atoms with Gasteiger partial charge in [0.1, 0.15) is 0 Å². The van der Waals surface area contributed by atoms with Gasteiger partial charge in [-0.15, -0.1) is 0 Å². The number of hydrogen-bond acceptors (Lipinski definition) is 3. The molecule has 1 aliphatic heterocycles. The van der Waals surface area contributed by atoms with Gasteiger partial charge in [0.25, 0.3) is 0 Å². The van der Waals surface area contributed by atoms with E-state index >= 15 is 0 Å². The minimum absolute atomic E-state index is 0.311. The van der Waals surface area contributed by atoms with Crippen molar-refractivity contribution in [1.29, 1.82) is 0 Å². The van der Waals surface area contributed by atoms with Crippen LogP contribution in [-0.2, 0) is 9.47 Å². The van der Waals surface area contributed by atoms with Crippen molar-refractivity contribution in [3.63, 3.8) is 0 Å². The molecule has 106 valence electrons. The van der Waals surface area contributed by atoms with E-state index in [2.05, 4.69) is 6.92 Å². The fourth-order valence-corrected chi connectivity index (χ4v) is 3.56. The van der Waals surface area contributed by atoms with Crippen LogP contribution < -0.4 is 0 Å². The highest BCUT2D eigenvalue weighted by atomic mass is 16.5. The van der Waals surface area contributed by atoms with Gasteiger partial charge in [-0.1, -0.05) is 19.8 Å². The molecule has 1 unspecified atom stereocenters. The average Bonchev–Trinajstić information content (AvgIpc) is 2.40. The highest BCUT2D eigenvalue weighted by molar-refractivity contribution is 4.95. The topological polar surface area (TPSA) is 38.7 Å². The summed E-state index contributed by atoms with van der Waals surface area (Å²) in [5, 5.41) is 10.8. The van der Waals surface area contributed by atoms with Crippen LogP contribution in [0.1, 0.15) is 52.4 Å². The molecule has 1 saturated carbocycles. The molecular formula is C15H28O3. The normalized spacial score (nSPS) is 34.2. The van der Waals surface area contributed by atoms with Crippen molar-refractivity contribution in [3.05, 3.63) is 0 Å². The second-order valence-electron chi connectivity index (χ2n) is 6.07. The monoisotopic (exact) mass is 256 g/mol. The zero-order valence-corrected chi connectivity index (χ0v) is 11.9. The molecule has 0 radical (unpaired) electrons. The summed E-state index contributed by atoms with van der Waals surface area (Å²) in [4.78, 5) is 0. The van der Waals surface area contributed by atoms with E-state index in [-0.39, 0.29) is 11.7 Å². The average molecular weight is 256 g/mol. The first kappa shape index (κ1) is 14.3. The van der Waals surface area contributed by atoms with Crippen molar-refractivity contribution in [2.75, 3.05) is 19.8 Å².